The summed E-state index contributed by atoms with van der Waals surface area (Å²) in [7, 11) is 4.05. The van der Waals surface area contributed by atoms with Crippen LogP contribution < -0.4 is 0 Å². The van der Waals surface area contributed by atoms with E-state index in [1.54, 1.807) is 0 Å². The highest BCUT2D eigenvalue weighted by Gasteiger charge is 2.03. The Kier molecular flexibility index (Phi) is 2.68. The lowest BCUT2D eigenvalue weighted by Crippen LogP contribution is -2.18. The van der Waals surface area contributed by atoms with Crippen LogP contribution >= 0.6 is 0 Å². The van der Waals surface area contributed by atoms with Crippen molar-refractivity contribution in [3.05, 3.63) is 30.3 Å². The molecule has 4 heteroatoms. The van der Waals surface area contributed by atoms with Gasteiger partial charge in [-0.2, -0.15) is 0 Å². The first-order valence-electron chi connectivity index (χ1n) is 4.92. The molecular formula is C11H14FN3. The molecule has 2 aromatic heterocycles. The number of fused-ring (bicyclic) bond motifs is 1. The number of aromatic nitrogens is 2. The molecule has 0 bridgehead atoms. The van der Waals surface area contributed by atoms with Crippen LogP contribution in [-0.2, 0) is 6.54 Å². The van der Waals surface area contributed by atoms with Gasteiger partial charge in [0.2, 0.25) is 0 Å². The molecule has 2 aromatic rings. The summed E-state index contributed by atoms with van der Waals surface area (Å²) in [6.07, 6.45) is 3.20. The number of hydrogen-bond donors (Lipinski definition) is 0. The molecule has 0 aliphatic carbocycles. The summed E-state index contributed by atoms with van der Waals surface area (Å²) >= 11 is 0. The highest BCUT2D eigenvalue weighted by atomic mass is 19.1. The maximum atomic E-state index is 12.9. The van der Waals surface area contributed by atoms with E-state index in [0.29, 0.717) is 0 Å². The zero-order valence-electron chi connectivity index (χ0n) is 8.94. The van der Waals surface area contributed by atoms with Gasteiger partial charge in [0.25, 0.3) is 0 Å². The fourth-order valence-electron chi connectivity index (χ4n) is 1.54. The van der Waals surface area contributed by atoms with Gasteiger partial charge in [-0.05, 0) is 26.2 Å². The highest BCUT2D eigenvalue weighted by molar-refractivity contribution is 5.75. The third-order valence-corrected chi connectivity index (χ3v) is 2.36. The number of halogens is 1. The van der Waals surface area contributed by atoms with Gasteiger partial charge in [-0.1, -0.05) is 0 Å². The van der Waals surface area contributed by atoms with Crippen molar-refractivity contribution in [3.8, 4) is 0 Å². The Balaban J connectivity index is 2.29. The first kappa shape index (κ1) is 10.1. The van der Waals surface area contributed by atoms with Crippen LogP contribution in [-0.4, -0.2) is 35.1 Å². The van der Waals surface area contributed by atoms with Gasteiger partial charge in [-0.3, -0.25) is 0 Å². The highest BCUT2D eigenvalue weighted by Crippen LogP contribution is 2.13. The van der Waals surface area contributed by atoms with E-state index in [1.807, 2.05) is 30.9 Å². The molecule has 0 unspecified atom stereocenters. The van der Waals surface area contributed by atoms with Crippen molar-refractivity contribution in [2.75, 3.05) is 20.6 Å². The molecule has 0 spiro atoms. The van der Waals surface area contributed by atoms with Crippen LogP contribution in [0.25, 0.3) is 11.0 Å². The zero-order chi connectivity index (χ0) is 10.8. The number of nitrogens with zero attached hydrogens (tertiary/aromatic N) is 3. The van der Waals surface area contributed by atoms with Gasteiger partial charge in [0.1, 0.15) is 11.5 Å². The van der Waals surface area contributed by atoms with Crippen LogP contribution in [0.15, 0.2) is 24.5 Å². The molecule has 0 saturated carbocycles. The molecule has 0 aliphatic heterocycles. The fraction of sp³-hybridized carbons (Fsp3) is 0.364. The molecule has 0 aliphatic rings. The lowest BCUT2D eigenvalue weighted by Gasteiger charge is -2.10. The Hall–Kier alpha value is -1.42. The minimum absolute atomic E-state index is 0.284. The van der Waals surface area contributed by atoms with Crippen LogP contribution in [0.1, 0.15) is 0 Å². The van der Waals surface area contributed by atoms with Gasteiger partial charge in [0, 0.05) is 24.7 Å². The van der Waals surface area contributed by atoms with Crippen LogP contribution in [0.5, 0.6) is 0 Å². The minimum Gasteiger partial charge on any atom is -0.331 e. The van der Waals surface area contributed by atoms with Crippen LogP contribution in [0.2, 0.25) is 0 Å². The summed E-state index contributed by atoms with van der Waals surface area (Å²) in [6.45, 7) is 1.82. The van der Waals surface area contributed by atoms with Crippen molar-refractivity contribution in [1.29, 1.82) is 0 Å². The topological polar surface area (TPSA) is 21.1 Å². The summed E-state index contributed by atoms with van der Waals surface area (Å²) in [6, 6.07) is 3.40. The standard InChI is InChI=1S/C11H14FN3/c1-14(2)5-6-15-4-3-9-7-10(12)8-13-11(9)15/h3-4,7-8H,5-6H2,1-2H3. The smallest absolute Gasteiger partial charge is 0.142 e. The predicted octanol–water partition coefficient (Wildman–Crippen LogP) is 1.74. The first-order chi connectivity index (χ1) is 7.16. The molecule has 2 rings (SSSR count). The van der Waals surface area contributed by atoms with Crippen molar-refractivity contribution in [2.24, 2.45) is 0 Å². The Morgan fingerprint density at radius 2 is 2.27 bits per heavy atom. The number of likely N-dealkylation sites (N-methyl/N-ethyl adjacent to an activating group) is 1. The first-order valence-corrected chi connectivity index (χ1v) is 4.92. The molecule has 0 radical (unpaired) electrons. The quantitative estimate of drug-likeness (QED) is 0.764. The van der Waals surface area contributed by atoms with E-state index in [-0.39, 0.29) is 5.82 Å². The van der Waals surface area contributed by atoms with Crippen LogP contribution in [0.3, 0.4) is 0 Å². The number of hydrogen-bond acceptors (Lipinski definition) is 2. The molecule has 0 aromatic carbocycles. The SMILES string of the molecule is CN(C)CCn1ccc2cc(F)cnc21. The molecule has 3 nitrogen and oxygen atoms in total. The van der Waals surface area contributed by atoms with Crippen LogP contribution in [0, 0.1) is 5.82 Å². The minimum atomic E-state index is -0.284. The molecule has 80 valence electrons. The summed E-state index contributed by atoms with van der Waals surface area (Å²) in [5, 5.41) is 0.855. The number of pyridine rings is 1. The van der Waals surface area contributed by atoms with Gasteiger partial charge in [0.05, 0.1) is 6.20 Å². The van der Waals surface area contributed by atoms with E-state index >= 15 is 0 Å². The van der Waals surface area contributed by atoms with Crippen molar-refractivity contribution in [1.82, 2.24) is 14.5 Å². The van der Waals surface area contributed by atoms with Crippen LogP contribution in [0.4, 0.5) is 4.39 Å². The lowest BCUT2D eigenvalue weighted by atomic mass is 10.3. The molecule has 0 atom stereocenters. The normalized spacial score (nSPS) is 11.5. The maximum absolute atomic E-state index is 12.9. The average Bonchev–Trinajstić information content (AvgIpc) is 2.57. The van der Waals surface area contributed by atoms with Gasteiger partial charge >= 0.3 is 0 Å². The Morgan fingerprint density at radius 3 is 3.00 bits per heavy atom. The fourth-order valence-corrected chi connectivity index (χ4v) is 1.54. The summed E-state index contributed by atoms with van der Waals surface area (Å²) in [4.78, 5) is 6.19. The molecular weight excluding hydrogens is 193 g/mol. The third kappa shape index (κ3) is 2.15. The van der Waals surface area contributed by atoms with E-state index in [9.17, 15) is 4.39 Å². The molecule has 0 fully saturated rings. The van der Waals surface area contributed by atoms with Crippen molar-refractivity contribution in [2.45, 2.75) is 6.54 Å². The average molecular weight is 207 g/mol. The van der Waals surface area contributed by atoms with Gasteiger partial charge in [-0.25, -0.2) is 9.37 Å². The predicted molar refractivity (Wildman–Crippen MR) is 58.2 cm³/mol. The lowest BCUT2D eigenvalue weighted by molar-refractivity contribution is 0.386. The second kappa shape index (κ2) is 3.98. The van der Waals surface area contributed by atoms with E-state index in [1.165, 1.54) is 12.3 Å². The Morgan fingerprint density at radius 1 is 1.47 bits per heavy atom. The van der Waals surface area contributed by atoms with Gasteiger partial charge in [-0.15, -0.1) is 0 Å². The van der Waals surface area contributed by atoms with E-state index in [4.69, 9.17) is 0 Å². The van der Waals surface area contributed by atoms with Crippen molar-refractivity contribution in [3.63, 3.8) is 0 Å². The van der Waals surface area contributed by atoms with E-state index in [2.05, 4.69) is 9.88 Å². The van der Waals surface area contributed by atoms with E-state index in [0.717, 1.165) is 24.1 Å². The second-order valence-electron chi connectivity index (χ2n) is 3.88. The summed E-state index contributed by atoms with van der Waals surface area (Å²) < 4.78 is 14.9. The number of rotatable bonds is 3. The molecule has 0 amide bonds. The maximum Gasteiger partial charge on any atom is 0.142 e. The van der Waals surface area contributed by atoms with Crippen molar-refractivity contribution >= 4 is 11.0 Å². The summed E-state index contributed by atoms with van der Waals surface area (Å²) in [5.74, 6) is -0.284. The van der Waals surface area contributed by atoms with Gasteiger partial charge in [0.15, 0.2) is 0 Å². The largest absolute Gasteiger partial charge is 0.331 e. The second-order valence-corrected chi connectivity index (χ2v) is 3.88. The monoisotopic (exact) mass is 207 g/mol. The van der Waals surface area contributed by atoms with E-state index < -0.39 is 0 Å². The molecule has 0 N–H and O–H groups in total. The molecule has 0 saturated heterocycles. The molecule has 2 heterocycles. The third-order valence-electron chi connectivity index (χ3n) is 2.36. The molecule has 15 heavy (non-hydrogen) atoms. The Labute approximate surface area is 88.1 Å². The zero-order valence-corrected chi connectivity index (χ0v) is 8.94. The summed E-state index contributed by atoms with van der Waals surface area (Å²) in [5.41, 5.74) is 0.846. The Bertz CT molecular complexity index is 462. The van der Waals surface area contributed by atoms with Gasteiger partial charge < -0.3 is 9.47 Å². The van der Waals surface area contributed by atoms with Crippen molar-refractivity contribution < 1.29 is 4.39 Å².